The summed E-state index contributed by atoms with van der Waals surface area (Å²) in [5.74, 6) is 0.316. The standard InChI is InChI=1S/C24H28N4O4/c1-16-11-19(32-4)5-6-20(16)22(30)28-13-18-12-27(21(29)17-7-9-25-10-8-17)14-24(18,15-28)23(31)26(2)3/h5-11,18H,12-15H2,1-4H3/t18-,24-/m0/s1. The SMILES string of the molecule is COc1ccc(C(=O)N2C[C@@H]3CN(C(=O)c4ccncc4)C[C@]3(C(=O)N(C)C)C2)c(C)c1. The van der Waals surface area contributed by atoms with Crippen molar-refractivity contribution in [2.45, 2.75) is 6.92 Å². The number of ether oxygens (including phenoxy) is 1. The van der Waals surface area contributed by atoms with Crippen LogP contribution in [-0.2, 0) is 4.79 Å². The Kier molecular flexibility index (Phi) is 5.62. The maximum Gasteiger partial charge on any atom is 0.254 e. The van der Waals surface area contributed by atoms with E-state index in [1.165, 1.54) is 0 Å². The number of carbonyl (C=O) groups is 3. The van der Waals surface area contributed by atoms with Gasteiger partial charge in [0.05, 0.1) is 12.5 Å². The van der Waals surface area contributed by atoms with Crippen molar-refractivity contribution >= 4 is 17.7 Å². The molecule has 8 nitrogen and oxygen atoms in total. The minimum atomic E-state index is -0.803. The summed E-state index contributed by atoms with van der Waals surface area (Å²) in [6, 6.07) is 8.73. The zero-order chi connectivity index (χ0) is 23.0. The van der Waals surface area contributed by atoms with Gasteiger partial charge in [-0.2, -0.15) is 0 Å². The van der Waals surface area contributed by atoms with Crippen molar-refractivity contribution in [3.63, 3.8) is 0 Å². The molecule has 32 heavy (non-hydrogen) atoms. The second kappa shape index (κ2) is 8.26. The summed E-state index contributed by atoms with van der Waals surface area (Å²) in [5.41, 5.74) is 1.17. The molecule has 0 radical (unpaired) electrons. The van der Waals surface area contributed by atoms with E-state index in [4.69, 9.17) is 4.74 Å². The molecule has 3 amide bonds. The smallest absolute Gasteiger partial charge is 0.254 e. The Hall–Kier alpha value is -3.42. The molecule has 8 heteroatoms. The molecule has 1 aromatic carbocycles. The Morgan fingerprint density at radius 2 is 1.66 bits per heavy atom. The molecule has 3 heterocycles. The van der Waals surface area contributed by atoms with Crippen LogP contribution in [0.4, 0.5) is 0 Å². The minimum Gasteiger partial charge on any atom is -0.497 e. The Morgan fingerprint density at radius 1 is 1.03 bits per heavy atom. The number of rotatable bonds is 4. The molecule has 0 unspecified atom stereocenters. The fraction of sp³-hybridized carbons (Fsp3) is 0.417. The van der Waals surface area contributed by atoms with Crippen LogP contribution in [0.15, 0.2) is 42.7 Å². The fourth-order valence-electron chi connectivity index (χ4n) is 4.97. The van der Waals surface area contributed by atoms with E-state index in [1.54, 1.807) is 72.6 Å². The van der Waals surface area contributed by atoms with Gasteiger partial charge < -0.3 is 19.4 Å². The van der Waals surface area contributed by atoms with Gasteiger partial charge in [0, 0.05) is 69.7 Å². The average Bonchev–Trinajstić information content (AvgIpc) is 3.33. The second-order valence-corrected chi connectivity index (χ2v) is 8.84. The summed E-state index contributed by atoms with van der Waals surface area (Å²) in [6.07, 6.45) is 3.17. The molecular formula is C24H28N4O4. The van der Waals surface area contributed by atoms with Gasteiger partial charge in [0.15, 0.2) is 0 Å². The van der Waals surface area contributed by atoms with Gasteiger partial charge >= 0.3 is 0 Å². The summed E-state index contributed by atoms with van der Waals surface area (Å²) in [5, 5.41) is 0. The third kappa shape index (κ3) is 3.59. The monoisotopic (exact) mass is 436 g/mol. The number of hydrogen-bond donors (Lipinski definition) is 0. The van der Waals surface area contributed by atoms with Gasteiger partial charge in [0.25, 0.3) is 11.8 Å². The molecule has 0 saturated carbocycles. The number of amides is 3. The Balaban J connectivity index is 1.59. The van der Waals surface area contributed by atoms with Crippen molar-refractivity contribution in [1.82, 2.24) is 19.7 Å². The van der Waals surface area contributed by atoms with Gasteiger partial charge in [-0.05, 0) is 42.8 Å². The van der Waals surface area contributed by atoms with Crippen molar-refractivity contribution in [2.24, 2.45) is 11.3 Å². The molecule has 0 spiro atoms. The number of nitrogens with zero attached hydrogens (tertiary/aromatic N) is 4. The van der Waals surface area contributed by atoms with Crippen LogP contribution in [0.3, 0.4) is 0 Å². The number of carbonyl (C=O) groups excluding carboxylic acids is 3. The molecule has 2 saturated heterocycles. The van der Waals surface area contributed by atoms with Crippen LogP contribution in [0.25, 0.3) is 0 Å². The van der Waals surface area contributed by atoms with E-state index in [0.717, 1.165) is 5.56 Å². The zero-order valence-electron chi connectivity index (χ0n) is 18.9. The van der Waals surface area contributed by atoms with Crippen LogP contribution in [0.5, 0.6) is 5.75 Å². The summed E-state index contributed by atoms with van der Waals surface area (Å²) >= 11 is 0. The highest BCUT2D eigenvalue weighted by molar-refractivity contribution is 5.98. The van der Waals surface area contributed by atoms with Crippen molar-refractivity contribution in [1.29, 1.82) is 0 Å². The van der Waals surface area contributed by atoms with Crippen LogP contribution < -0.4 is 4.74 Å². The van der Waals surface area contributed by atoms with Gasteiger partial charge in [-0.1, -0.05) is 0 Å². The highest BCUT2D eigenvalue weighted by atomic mass is 16.5. The molecule has 2 aromatic rings. The number of benzene rings is 1. The van der Waals surface area contributed by atoms with Crippen LogP contribution in [-0.4, -0.2) is 84.8 Å². The maximum absolute atomic E-state index is 13.3. The lowest BCUT2D eigenvalue weighted by atomic mass is 9.79. The van der Waals surface area contributed by atoms with Crippen LogP contribution in [0, 0.1) is 18.3 Å². The van der Waals surface area contributed by atoms with Crippen molar-refractivity contribution < 1.29 is 19.1 Å². The molecule has 0 N–H and O–H groups in total. The highest BCUT2D eigenvalue weighted by Gasteiger charge is 2.59. The lowest BCUT2D eigenvalue weighted by Gasteiger charge is -2.31. The molecule has 0 aliphatic carbocycles. The first-order valence-electron chi connectivity index (χ1n) is 10.6. The number of hydrogen-bond acceptors (Lipinski definition) is 5. The summed E-state index contributed by atoms with van der Waals surface area (Å²) in [7, 11) is 5.03. The number of methoxy groups -OCH3 is 1. The van der Waals surface area contributed by atoms with E-state index in [0.29, 0.717) is 43.1 Å². The van der Waals surface area contributed by atoms with Gasteiger partial charge in [-0.3, -0.25) is 19.4 Å². The second-order valence-electron chi connectivity index (χ2n) is 8.84. The first-order chi connectivity index (χ1) is 15.3. The molecule has 0 bridgehead atoms. The van der Waals surface area contributed by atoms with Crippen LogP contribution in [0.2, 0.25) is 0 Å². The van der Waals surface area contributed by atoms with E-state index in [-0.39, 0.29) is 23.6 Å². The quantitative estimate of drug-likeness (QED) is 0.729. The zero-order valence-corrected chi connectivity index (χ0v) is 18.9. The third-order valence-electron chi connectivity index (χ3n) is 6.61. The number of fused-ring (bicyclic) bond motifs is 1. The predicted molar refractivity (Wildman–Crippen MR) is 118 cm³/mol. The predicted octanol–water partition coefficient (Wildman–Crippen LogP) is 1.70. The van der Waals surface area contributed by atoms with Gasteiger partial charge in [0.2, 0.25) is 5.91 Å². The van der Waals surface area contributed by atoms with Gasteiger partial charge in [0.1, 0.15) is 5.75 Å². The lowest BCUT2D eigenvalue weighted by Crippen LogP contribution is -2.48. The molecule has 1 aromatic heterocycles. The van der Waals surface area contributed by atoms with E-state index in [9.17, 15) is 14.4 Å². The molecule has 2 atom stereocenters. The third-order valence-corrected chi connectivity index (χ3v) is 6.61. The number of likely N-dealkylation sites (tertiary alicyclic amines) is 2. The molecule has 2 fully saturated rings. The Morgan fingerprint density at radius 3 is 2.22 bits per heavy atom. The number of aryl methyl sites for hydroxylation is 1. The molecule has 2 aliphatic heterocycles. The number of aromatic nitrogens is 1. The van der Waals surface area contributed by atoms with E-state index < -0.39 is 5.41 Å². The normalized spacial score (nSPS) is 21.9. The van der Waals surface area contributed by atoms with Gasteiger partial charge in [-0.15, -0.1) is 0 Å². The molecular weight excluding hydrogens is 408 g/mol. The first kappa shape index (κ1) is 21.8. The molecule has 2 aliphatic rings. The van der Waals surface area contributed by atoms with Crippen molar-refractivity contribution in [3.05, 3.63) is 59.4 Å². The van der Waals surface area contributed by atoms with E-state index >= 15 is 0 Å². The van der Waals surface area contributed by atoms with E-state index in [2.05, 4.69) is 4.98 Å². The largest absolute Gasteiger partial charge is 0.497 e. The average molecular weight is 437 g/mol. The van der Waals surface area contributed by atoms with Gasteiger partial charge in [-0.25, -0.2) is 0 Å². The van der Waals surface area contributed by atoms with Crippen LogP contribution in [0.1, 0.15) is 26.3 Å². The van der Waals surface area contributed by atoms with Crippen molar-refractivity contribution in [2.75, 3.05) is 47.4 Å². The summed E-state index contributed by atoms with van der Waals surface area (Å²) in [4.78, 5) is 48.7. The Bertz CT molecular complexity index is 1060. The lowest BCUT2D eigenvalue weighted by molar-refractivity contribution is -0.139. The Labute approximate surface area is 187 Å². The topological polar surface area (TPSA) is 83.0 Å². The molecule has 168 valence electrons. The first-order valence-corrected chi connectivity index (χ1v) is 10.6. The molecule has 4 rings (SSSR count). The fourth-order valence-corrected chi connectivity index (χ4v) is 4.97. The van der Waals surface area contributed by atoms with E-state index in [1.807, 2.05) is 13.0 Å². The maximum atomic E-state index is 13.3. The summed E-state index contributed by atoms with van der Waals surface area (Å²) < 4.78 is 5.24. The highest BCUT2D eigenvalue weighted by Crippen LogP contribution is 2.44. The minimum absolute atomic E-state index is 0.0470. The van der Waals surface area contributed by atoms with Crippen molar-refractivity contribution in [3.8, 4) is 5.75 Å². The summed E-state index contributed by atoms with van der Waals surface area (Å²) in [6.45, 7) is 3.33. The van der Waals surface area contributed by atoms with Crippen LogP contribution >= 0.6 is 0 Å². The number of pyridine rings is 1.